The molecule has 8 nitrogen and oxygen atoms in total. The summed E-state index contributed by atoms with van der Waals surface area (Å²) >= 11 is 0. The third-order valence-electron chi connectivity index (χ3n) is 4.71. The van der Waals surface area contributed by atoms with Gasteiger partial charge in [0.15, 0.2) is 0 Å². The number of fused-ring (bicyclic) bond motifs is 1. The van der Waals surface area contributed by atoms with Crippen LogP contribution in [0.1, 0.15) is 39.0 Å². The van der Waals surface area contributed by atoms with Crippen LogP contribution in [0, 0.1) is 13.8 Å². The van der Waals surface area contributed by atoms with E-state index in [1.54, 1.807) is 19.9 Å². The normalized spacial score (nSPS) is 11.1. The minimum Gasteiger partial charge on any atom is -0.427 e. The molecule has 0 saturated heterocycles. The highest BCUT2D eigenvalue weighted by molar-refractivity contribution is 5.95. The number of amides is 1. The first kappa shape index (κ1) is 18.7. The molecule has 3 aromatic heterocycles. The highest BCUT2D eigenvalue weighted by Crippen LogP contribution is 2.19. The minimum atomic E-state index is -0.655. The van der Waals surface area contributed by atoms with Crippen molar-refractivity contribution in [2.75, 3.05) is 0 Å². The molecule has 0 aliphatic carbocycles. The van der Waals surface area contributed by atoms with Gasteiger partial charge in [0.2, 0.25) is 11.8 Å². The fraction of sp³-hybridized carbons (Fsp3) is 0.238. The number of rotatable bonds is 6. The maximum Gasteiger partial charge on any atom is 0.349 e. The highest BCUT2D eigenvalue weighted by atomic mass is 16.4. The molecule has 1 amide bonds. The van der Waals surface area contributed by atoms with E-state index in [0.29, 0.717) is 30.1 Å². The van der Waals surface area contributed by atoms with Crippen molar-refractivity contribution in [3.63, 3.8) is 0 Å². The third-order valence-corrected chi connectivity index (χ3v) is 4.71. The molecule has 3 heterocycles. The topological polar surface area (TPSA) is 114 Å². The average molecular weight is 392 g/mol. The lowest BCUT2D eigenvalue weighted by Crippen LogP contribution is -2.29. The summed E-state index contributed by atoms with van der Waals surface area (Å²) in [6, 6.07) is 9.79. The van der Waals surface area contributed by atoms with E-state index in [9.17, 15) is 9.59 Å². The Morgan fingerprint density at radius 1 is 1.14 bits per heavy atom. The molecule has 29 heavy (non-hydrogen) atoms. The lowest BCUT2D eigenvalue weighted by Gasteiger charge is -2.07. The number of H-pyrrole nitrogens is 1. The first-order valence-corrected chi connectivity index (χ1v) is 9.27. The van der Waals surface area contributed by atoms with Crippen molar-refractivity contribution in [1.29, 1.82) is 0 Å². The summed E-state index contributed by atoms with van der Waals surface area (Å²) in [5, 5.41) is 11.3. The second kappa shape index (κ2) is 7.75. The Morgan fingerprint density at radius 2 is 1.97 bits per heavy atom. The molecule has 4 rings (SSSR count). The summed E-state index contributed by atoms with van der Waals surface area (Å²) in [6.07, 6.45) is 3.24. The van der Waals surface area contributed by atoms with E-state index in [1.165, 1.54) is 0 Å². The van der Waals surface area contributed by atoms with Gasteiger partial charge in [0.1, 0.15) is 11.3 Å². The van der Waals surface area contributed by atoms with E-state index >= 15 is 0 Å². The summed E-state index contributed by atoms with van der Waals surface area (Å²) < 4.78 is 10.6. The molecule has 2 N–H and O–H groups in total. The van der Waals surface area contributed by atoms with Crippen molar-refractivity contribution in [3.8, 4) is 0 Å². The van der Waals surface area contributed by atoms with Gasteiger partial charge in [0, 0.05) is 30.4 Å². The minimum absolute atomic E-state index is 0.0166. The average Bonchev–Trinajstić information content (AvgIpc) is 3.30. The van der Waals surface area contributed by atoms with Gasteiger partial charge in [-0.15, -0.1) is 10.2 Å². The second-order valence-electron chi connectivity index (χ2n) is 6.82. The number of hydrogen-bond donors (Lipinski definition) is 2. The van der Waals surface area contributed by atoms with Crippen molar-refractivity contribution in [2.45, 2.75) is 33.2 Å². The number of aromatic nitrogens is 3. The fourth-order valence-electron chi connectivity index (χ4n) is 3.32. The Hall–Kier alpha value is -3.68. The molecule has 1 aromatic carbocycles. The van der Waals surface area contributed by atoms with Crippen LogP contribution < -0.4 is 10.9 Å². The van der Waals surface area contributed by atoms with Crippen LogP contribution in [-0.2, 0) is 19.4 Å². The van der Waals surface area contributed by atoms with Crippen LogP contribution in [0.3, 0.4) is 0 Å². The summed E-state index contributed by atoms with van der Waals surface area (Å²) in [6.45, 7) is 3.42. The largest absolute Gasteiger partial charge is 0.427 e. The lowest BCUT2D eigenvalue weighted by atomic mass is 10.1. The lowest BCUT2D eigenvalue weighted by molar-refractivity contribution is 0.0942. The zero-order valence-corrected chi connectivity index (χ0v) is 16.1. The van der Waals surface area contributed by atoms with Crippen LogP contribution in [-0.4, -0.2) is 21.1 Å². The maximum atomic E-state index is 12.4. The predicted octanol–water partition coefficient (Wildman–Crippen LogP) is 2.84. The molecule has 4 aromatic rings. The molecular weight excluding hydrogens is 372 g/mol. The zero-order chi connectivity index (χ0) is 20.4. The van der Waals surface area contributed by atoms with Crippen molar-refractivity contribution < 1.29 is 13.6 Å². The smallest absolute Gasteiger partial charge is 0.349 e. The van der Waals surface area contributed by atoms with Gasteiger partial charge in [-0.3, -0.25) is 4.79 Å². The van der Waals surface area contributed by atoms with Crippen LogP contribution in [0.2, 0.25) is 0 Å². The molecule has 0 bridgehead atoms. The molecule has 0 saturated carbocycles. The molecular formula is C21H20N4O4. The number of aromatic amines is 1. The molecule has 0 aliphatic heterocycles. The number of carbonyl (C=O) groups is 1. The monoisotopic (exact) mass is 392 g/mol. The van der Waals surface area contributed by atoms with Gasteiger partial charge in [-0.05, 0) is 36.6 Å². The van der Waals surface area contributed by atoms with Crippen LogP contribution >= 0.6 is 0 Å². The first-order chi connectivity index (χ1) is 14.0. The van der Waals surface area contributed by atoms with E-state index < -0.39 is 11.5 Å². The van der Waals surface area contributed by atoms with E-state index in [1.807, 2.05) is 24.4 Å². The predicted molar refractivity (Wildman–Crippen MR) is 106 cm³/mol. The Labute approximate surface area is 166 Å². The molecule has 148 valence electrons. The molecule has 0 fully saturated rings. The SMILES string of the molecule is Cc1nnc(CNC(=O)c2c(C)cc(CCc3c[nH]c4ccccc34)oc2=O)o1. The number of para-hydroxylation sites is 1. The Bertz CT molecular complexity index is 1230. The number of benzene rings is 1. The Kier molecular flexibility index (Phi) is 4.99. The molecule has 8 heteroatoms. The molecule has 0 radical (unpaired) electrons. The second-order valence-corrected chi connectivity index (χ2v) is 6.82. The van der Waals surface area contributed by atoms with Crippen molar-refractivity contribution in [3.05, 3.63) is 81.2 Å². The van der Waals surface area contributed by atoms with Crippen LogP contribution in [0.5, 0.6) is 0 Å². The van der Waals surface area contributed by atoms with E-state index in [0.717, 1.165) is 16.5 Å². The zero-order valence-electron chi connectivity index (χ0n) is 16.1. The molecule has 0 aliphatic rings. The maximum absolute atomic E-state index is 12.4. The summed E-state index contributed by atoms with van der Waals surface area (Å²) in [4.78, 5) is 28.0. The van der Waals surface area contributed by atoms with Gasteiger partial charge in [0.25, 0.3) is 5.91 Å². The quantitative estimate of drug-likeness (QED) is 0.521. The van der Waals surface area contributed by atoms with Crippen molar-refractivity contribution in [2.24, 2.45) is 0 Å². The van der Waals surface area contributed by atoms with Crippen molar-refractivity contribution in [1.82, 2.24) is 20.5 Å². The number of carbonyl (C=O) groups excluding carboxylic acids is 1. The van der Waals surface area contributed by atoms with Gasteiger partial charge >= 0.3 is 5.63 Å². The Morgan fingerprint density at radius 3 is 2.72 bits per heavy atom. The van der Waals surface area contributed by atoms with Gasteiger partial charge in [-0.25, -0.2) is 4.79 Å². The Balaban J connectivity index is 1.46. The molecule has 0 atom stereocenters. The fourth-order valence-corrected chi connectivity index (χ4v) is 3.32. The van der Waals surface area contributed by atoms with Gasteiger partial charge in [-0.1, -0.05) is 18.2 Å². The number of nitrogens with zero attached hydrogens (tertiary/aromatic N) is 2. The summed E-state index contributed by atoms with van der Waals surface area (Å²) in [5.74, 6) is 0.690. The van der Waals surface area contributed by atoms with E-state index in [2.05, 4.69) is 26.6 Å². The highest BCUT2D eigenvalue weighted by Gasteiger charge is 2.18. The number of nitrogens with one attached hydrogen (secondary N) is 2. The van der Waals surface area contributed by atoms with Crippen LogP contribution in [0.4, 0.5) is 0 Å². The third kappa shape index (κ3) is 3.96. The first-order valence-electron chi connectivity index (χ1n) is 9.27. The standard InChI is InChI=1S/C21H20N4O4/c1-12-9-15(8-7-14-10-22-17-6-4-3-5-16(14)17)29-21(27)19(12)20(26)23-11-18-25-24-13(2)28-18/h3-6,9-10,22H,7-8,11H2,1-2H3,(H,23,26). The molecule has 0 spiro atoms. The van der Waals surface area contributed by atoms with Gasteiger partial charge < -0.3 is 19.1 Å². The van der Waals surface area contributed by atoms with E-state index in [-0.39, 0.29) is 18.0 Å². The number of aryl methyl sites for hydroxylation is 4. The molecule has 0 unspecified atom stereocenters. The van der Waals surface area contributed by atoms with Gasteiger partial charge in [0.05, 0.1) is 6.54 Å². The van der Waals surface area contributed by atoms with Gasteiger partial charge in [-0.2, -0.15) is 0 Å². The summed E-state index contributed by atoms with van der Waals surface area (Å²) in [5.41, 5.74) is 2.12. The van der Waals surface area contributed by atoms with Crippen LogP contribution in [0.15, 0.2) is 50.2 Å². The van der Waals surface area contributed by atoms with E-state index in [4.69, 9.17) is 8.83 Å². The van der Waals surface area contributed by atoms with Crippen molar-refractivity contribution >= 4 is 16.8 Å². The summed E-state index contributed by atoms with van der Waals surface area (Å²) in [7, 11) is 0. The van der Waals surface area contributed by atoms with Crippen LogP contribution in [0.25, 0.3) is 10.9 Å². The number of hydrogen-bond acceptors (Lipinski definition) is 6.